The summed E-state index contributed by atoms with van der Waals surface area (Å²) in [4.78, 5) is 4.34. The predicted molar refractivity (Wildman–Crippen MR) is 77.3 cm³/mol. The summed E-state index contributed by atoms with van der Waals surface area (Å²) in [7, 11) is 0. The van der Waals surface area contributed by atoms with E-state index >= 15 is 0 Å². The van der Waals surface area contributed by atoms with Gasteiger partial charge in [-0.1, -0.05) is 15.9 Å². The molecule has 0 spiro atoms. The van der Waals surface area contributed by atoms with E-state index in [9.17, 15) is 0 Å². The molecule has 2 aromatic rings. The minimum Gasteiger partial charge on any atom is -0.397 e. The molecule has 0 aliphatic carbocycles. The fourth-order valence-corrected chi connectivity index (χ4v) is 2.67. The van der Waals surface area contributed by atoms with Crippen molar-refractivity contribution in [3.05, 3.63) is 39.3 Å². The monoisotopic (exact) mass is 311 g/mol. The van der Waals surface area contributed by atoms with Crippen LogP contribution < -0.4 is 11.1 Å². The third-order valence-corrected chi connectivity index (χ3v) is 4.02. The van der Waals surface area contributed by atoms with E-state index in [0.29, 0.717) is 0 Å². The third kappa shape index (κ3) is 2.79. The summed E-state index contributed by atoms with van der Waals surface area (Å²) in [5.41, 5.74) is 7.40. The highest BCUT2D eigenvalue weighted by atomic mass is 79.9. The van der Waals surface area contributed by atoms with E-state index in [1.165, 1.54) is 0 Å². The summed E-state index contributed by atoms with van der Waals surface area (Å²) in [6.07, 6.45) is 1.81. The second-order valence-corrected chi connectivity index (χ2v) is 6.13. The summed E-state index contributed by atoms with van der Waals surface area (Å²) in [6.45, 7) is 4.18. The van der Waals surface area contributed by atoms with Crippen LogP contribution in [0, 0.1) is 0 Å². The Morgan fingerprint density at radius 1 is 1.41 bits per heavy atom. The Balaban J connectivity index is 2.26. The number of anilines is 2. The van der Waals surface area contributed by atoms with Gasteiger partial charge >= 0.3 is 0 Å². The lowest BCUT2D eigenvalue weighted by Gasteiger charge is -2.26. The first-order valence-electron chi connectivity index (χ1n) is 5.22. The van der Waals surface area contributed by atoms with E-state index in [2.05, 4.69) is 40.1 Å². The smallest absolute Gasteiger partial charge is 0.117 e. The lowest BCUT2D eigenvalue weighted by Crippen LogP contribution is -2.28. The van der Waals surface area contributed by atoms with Crippen molar-refractivity contribution in [1.82, 2.24) is 4.98 Å². The van der Waals surface area contributed by atoms with Gasteiger partial charge in [0.05, 0.1) is 16.9 Å². The Hall–Kier alpha value is -1.07. The normalized spacial score (nSPS) is 11.5. The number of nitrogens with two attached hydrogens (primary N) is 1. The van der Waals surface area contributed by atoms with Crippen molar-refractivity contribution in [1.29, 1.82) is 0 Å². The van der Waals surface area contributed by atoms with Crippen LogP contribution in [0.3, 0.4) is 0 Å². The van der Waals surface area contributed by atoms with Crippen LogP contribution >= 0.6 is 27.3 Å². The molecule has 0 fully saturated rings. The third-order valence-electron chi connectivity index (χ3n) is 2.43. The highest BCUT2D eigenvalue weighted by molar-refractivity contribution is 9.10. The van der Waals surface area contributed by atoms with E-state index in [1.54, 1.807) is 11.3 Å². The van der Waals surface area contributed by atoms with Crippen LogP contribution in [-0.2, 0) is 5.54 Å². The van der Waals surface area contributed by atoms with Crippen LogP contribution in [0.5, 0.6) is 0 Å². The van der Waals surface area contributed by atoms with Crippen LogP contribution in [0.4, 0.5) is 11.4 Å². The number of nitrogens with one attached hydrogen (secondary N) is 1. The first-order valence-corrected chi connectivity index (χ1v) is 6.89. The molecule has 0 saturated carbocycles. The van der Waals surface area contributed by atoms with Crippen molar-refractivity contribution < 1.29 is 0 Å². The van der Waals surface area contributed by atoms with Gasteiger partial charge < -0.3 is 11.1 Å². The lowest BCUT2D eigenvalue weighted by atomic mass is 10.1. The molecule has 0 aliphatic rings. The Morgan fingerprint density at radius 3 is 2.76 bits per heavy atom. The maximum atomic E-state index is 5.97. The van der Waals surface area contributed by atoms with Gasteiger partial charge in [0.1, 0.15) is 5.01 Å². The molecule has 5 heteroatoms. The Kier molecular flexibility index (Phi) is 3.40. The molecule has 0 radical (unpaired) electrons. The number of aromatic nitrogens is 1. The van der Waals surface area contributed by atoms with Crippen LogP contribution in [0.15, 0.2) is 34.2 Å². The fraction of sp³-hybridized carbons (Fsp3) is 0.250. The zero-order valence-corrected chi connectivity index (χ0v) is 12.1. The zero-order chi connectivity index (χ0) is 12.5. The van der Waals surface area contributed by atoms with Crippen LogP contribution in [0.1, 0.15) is 18.9 Å². The highest BCUT2D eigenvalue weighted by Gasteiger charge is 2.23. The molecule has 1 aromatic carbocycles. The van der Waals surface area contributed by atoms with Crippen molar-refractivity contribution in [3.63, 3.8) is 0 Å². The van der Waals surface area contributed by atoms with E-state index < -0.39 is 0 Å². The number of benzene rings is 1. The zero-order valence-electron chi connectivity index (χ0n) is 9.70. The van der Waals surface area contributed by atoms with Crippen LogP contribution in [0.25, 0.3) is 0 Å². The number of rotatable bonds is 3. The summed E-state index contributed by atoms with van der Waals surface area (Å²) >= 11 is 5.03. The molecule has 17 heavy (non-hydrogen) atoms. The maximum Gasteiger partial charge on any atom is 0.117 e. The minimum absolute atomic E-state index is 0.226. The molecule has 1 aromatic heterocycles. The molecule has 0 atom stereocenters. The van der Waals surface area contributed by atoms with E-state index in [-0.39, 0.29) is 5.54 Å². The average molecular weight is 312 g/mol. The van der Waals surface area contributed by atoms with Gasteiger partial charge in [-0.3, -0.25) is 0 Å². The van der Waals surface area contributed by atoms with Crippen molar-refractivity contribution in [2.75, 3.05) is 11.1 Å². The quantitative estimate of drug-likeness (QED) is 0.847. The summed E-state index contributed by atoms with van der Waals surface area (Å²) < 4.78 is 0.979. The van der Waals surface area contributed by atoms with Crippen molar-refractivity contribution in [2.24, 2.45) is 0 Å². The van der Waals surface area contributed by atoms with Gasteiger partial charge in [-0.2, -0.15) is 0 Å². The van der Waals surface area contributed by atoms with Gasteiger partial charge in [-0.25, -0.2) is 4.98 Å². The molecule has 0 unspecified atom stereocenters. The maximum absolute atomic E-state index is 5.97. The molecular weight excluding hydrogens is 298 g/mol. The van der Waals surface area contributed by atoms with Gasteiger partial charge in [0.25, 0.3) is 0 Å². The Bertz CT molecular complexity index is 508. The van der Waals surface area contributed by atoms with Gasteiger partial charge in [-0.05, 0) is 32.0 Å². The second-order valence-electron chi connectivity index (χ2n) is 4.32. The fourth-order valence-electron chi connectivity index (χ4n) is 1.57. The number of hydrogen-bond donors (Lipinski definition) is 2. The highest BCUT2D eigenvalue weighted by Crippen LogP contribution is 2.31. The van der Waals surface area contributed by atoms with Gasteiger partial charge in [-0.15, -0.1) is 11.3 Å². The van der Waals surface area contributed by atoms with E-state index in [4.69, 9.17) is 5.73 Å². The van der Waals surface area contributed by atoms with Crippen molar-refractivity contribution in [2.45, 2.75) is 19.4 Å². The molecule has 0 bridgehead atoms. The number of thiazole rings is 1. The molecule has 1 heterocycles. The standard InChI is InChI=1S/C12H14BrN3S/c1-12(2,11-15-5-6-17-11)16-10-4-3-8(13)7-9(10)14/h3-7,16H,14H2,1-2H3. The van der Waals surface area contributed by atoms with E-state index in [1.807, 2.05) is 29.8 Å². The largest absolute Gasteiger partial charge is 0.397 e. The lowest BCUT2D eigenvalue weighted by molar-refractivity contribution is 0.605. The predicted octanol–water partition coefficient (Wildman–Crippen LogP) is 3.84. The number of nitrogens with zero attached hydrogens (tertiary/aromatic N) is 1. The Labute approximate surface area is 113 Å². The summed E-state index contributed by atoms with van der Waals surface area (Å²) in [5.74, 6) is 0. The van der Waals surface area contributed by atoms with Crippen molar-refractivity contribution in [3.8, 4) is 0 Å². The van der Waals surface area contributed by atoms with Gasteiger partial charge in [0.15, 0.2) is 0 Å². The molecule has 2 rings (SSSR count). The molecular formula is C12H14BrN3S. The molecule has 0 amide bonds. The molecule has 3 N–H and O–H groups in total. The SMILES string of the molecule is CC(C)(Nc1ccc(Br)cc1N)c1nccs1. The number of halogens is 1. The van der Waals surface area contributed by atoms with Crippen molar-refractivity contribution >= 4 is 38.6 Å². The summed E-state index contributed by atoms with van der Waals surface area (Å²) in [5, 5.41) is 6.44. The molecule has 0 aliphatic heterocycles. The van der Waals surface area contributed by atoms with Crippen LogP contribution in [0.2, 0.25) is 0 Å². The van der Waals surface area contributed by atoms with E-state index in [0.717, 1.165) is 20.9 Å². The minimum atomic E-state index is -0.226. The van der Waals surface area contributed by atoms with Crippen LogP contribution in [-0.4, -0.2) is 4.98 Å². The second kappa shape index (κ2) is 4.66. The summed E-state index contributed by atoms with van der Waals surface area (Å²) in [6, 6.07) is 5.83. The average Bonchev–Trinajstić information content (AvgIpc) is 2.76. The first-order chi connectivity index (χ1) is 7.99. The number of nitrogen functional groups attached to an aromatic ring is 1. The van der Waals surface area contributed by atoms with Gasteiger partial charge in [0, 0.05) is 16.0 Å². The number of hydrogen-bond acceptors (Lipinski definition) is 4. The Morgan fingerprint density at radius 2 is 2.18 bits per heavy atom. The topological polar surface area (TPSA) is 50.9 Å². The molecule has 90 valence electrons. The first kappa shape index (κ1) is 12.4. The van der Waals surface area contributed by atoms with Gasteiger partial charge in [0.2, 0.25) is 0 Å². The molecule has 3 nitrogen and oxygen atoms in total. The molecule has 0 saturated heterocycles.